The lowest BCUT2D eigenvalue weighted by atomic mass is 10.1. The van der Waals surface area contributed by atoms with Crippen LogP contribution in [0.4, 0.5) is 11.4 Å². The molecule has 0 saturated carbocycles. The van der Waals surface area contributed by atoms with Gasteiger partial charge in [0.05, 0.1) is 11.4 Å². The van der Waals surface area contributed by atoms with Gasteiger partial charge in [-0.15, -0.1) is 0 Å². The van der Waals surface area contributed by atoms with E-state index in [-0.39, 0.29) is 0 Å². The van der Waals surface area contributed by atoms with Crippen LogP contribution in [-0.2, 0) is 0 Å². The fraction of sp³-hybridized carbons (Fsp3) is 0.571. The van der Waals surface area contributed by atoms with E-state index in [2.05, 4.69) is 25.8 Å². The summed E-state index contributed by atoms with van der Waals surface area (Å²) in [6, 6.07) is 3.84. The third-order valence-corrected chi connectivity index (χ3v) is 3.39. The molecule has 0 fully saturated rings. The molecular weight excluding hydrogens is 228 g/mol. The molecule has 2 rings (SSSR count). The molecule has 1 aromatic rings. The molecule has 0 amide bonds. The maximum absolute atomic E-state index is 6.09. The van der Waals surface area contributed by atoms with Gasteiger partial charge in [-0.25, -0.2) is 0 Å². The van der Waals surface area contributed by atoms with Crippen molar-refractivity contribution >= 4 is 11.4 Å². The molecule has 0 saturated heterocycles. The molecular formula is C14H22N2O2. The van der Waals surface area contributed by atoms with Crippen LogP contribution in [-0.4, -0.2) is 26.8 Å². The summed E-state index contributed by atoms with van der Waals surface area (Å²) in [6.45, 7) is 6.62. The summed E-state index contributed by atoms with van der Waals surface area (Å²) in [5, 5.41) is 0. The Morgan fingerprint density at radius 2 is 1.89 bits per heavy atom. The average molecular weight is 250 g/mol. The molecule has 1 aliphatic rings. The van der Waals surface area contributed by atoms with E-state index >= 15 is 0 Å². The first-order valence-corrected chi connectivity index (χ1v) is 6.52. The van der Waals surface area contributed by atoms with Gasteiger partial charge in [-0.05, 0) is 5.92 Å². The van der Waals surface area contributed by atoms with E-state index in [4.69, 9.17) is 15.2 Å². The maximum Gasteiger partial charge on any atom is 0.163 e. The Morgan fingerprint density at radius 1 is 1.28 bits per heavy atom. The Labute approximate surface area is 109 Å². The molecule has 1 aromatic carbocycles. The number of nitrogens with two attached hydrogens (primary N) is 1. The highest BCUT2D eigenvalue weighted by Gasteiger charge is 2.17. The van der Waals surface area contributed by atoms with Gasteiger partial charge in [0.25, 0.3) is 0 Å². The molecule has 0 radical (unpaired) electrons. The van der Waals surface area contributed by atoms with E-state index in [0.717, 1.165) is 35.8 Å². The second-order valence-electron chi connectivity index (χ2n) is 4.95. The van der Waals surface area contributed by atoms with Crippen molar-refractivity contribution in [1.29, 1.82) is 0 Å². The van der Waals surface area contributed by atoms with Gasteiger partial charge in [-0.2, -0.15) is 0 Å². The summed E-state index contributed by atoms with van der Waals surface area (Å²) < 4.78 is 11.1. The smallest absolute Gasteiger partial charge is 0.163 e. The third-order valence-electron chi connectivity index (χ3n) is 3.39. The van der Waals surface area contributed by atoms with Gasteiger partial charge >= 0.3 is 0 Å². The van der Waals surface area contributed by atoms with E-state index < -0.39 is 0 Å². The fourth-order valence-corrected chi connectivity index (χ4v) is 2.12. The molecule has 0 aliphatic carbocycles. The zero-order chi connectivity index (χ0) is 13.1. The Bertz CT molecular complexity index is 421. The Hall–Kier alpha value is -1.58. The first-order valence-electron chi connectivity index (χ1n) is 6.52. The lowest BCUT2D eigenvalue weighted by Crippen LogP contribution is -2.25. The largest absolute Gasteiger partial charge is 0.486 e. The number of rotatable bonds is 4. The molecule has 0 bridgehead atoms. The Morgan fingerprint density at radius 3 is 2.50 bits per heavy atom. The lowest BCUT2D eigenvalue weighted by molar-refractivity contribution is 0.172. The van der Waals surface area contributed by atoms with Crippen molar-refractivity contribution in [2.75, 3.05) is 37.4 Å². The van der Waals surface area contributed by atoms with Crippen LogP contribution in [0, 0.1) is 5.92 Å². The first kappa shape index (κ1) is 12.9. The van der Waals surface area contributed by atoms with E-state index in [9.17, 15) is 0 Å². The molecule has 1 heterocycles. The van der Waals surface area contributed by atoms with Crippen LogP contribution in [0.2, 0.25) is 0 Å². The predicted octanol–water partition coefficient (Wildman–Crippen LogP) is 2.52. The highest BCUT2D eigenvalue weighted by Crippen LogP contribution is 2.38. The minimum absolute atomic E-state index is 0.592. The van der Waals surface area contributed by atoms with Crippen molar-refractivity contribution in [2.24, 2.45) is 5.92 Å². The standard InChI is InChI=1S/C14H22N2O2/c1-4-10(2)9-16(3)12-8-14-13(7-11(12)15)17-5-6-18-14/h7-8,10H,4-6,9,15H2,1-3H3. The monoisotopic (exact) mass is 250 g/mol. The minimum atomic E-state index is 0.592. The molecule has 4 heteroatoms. The second-order valence-corrected chi connectivity index (χ2v) is 4.95. The van der Waals surface area contributed by atoms with Crippen LogP contribution in [0.5, 0.6) is 11.5 Å². The van der Waals surface area contributed by atoms with E-state index in [1.807, 2.05) is 12.1 Å². The van der Waals surface area contributed by atoms with E-state index in [0.29, 0.717) is 19.1 Å². The topological polar surface area (TPSA) is 47.7 Å². The summed E-state index contributed by atoms with van der Waals surface area (Å²) >= 11 is 0. The summed E-state index contributed by atoms with van der Waals surface area (Å²) in [5.74, 6) is 2.18. The van der Waals surface area contributed by atoms with Crippen molar-refractivity contribution in [3.8, 4) is 11.5 Å². The summed E-state index contributed by atoms with van der Waals surface area (Å²) in [6.07, 6.45) is 1.16. The zero-order valence-corrected chi connectivity index (χ0v) is 11.4. The van der Waals surface area contributed by atoms with Crippen LogP contribution in [0.1, 0.15) is 20.3 Å². The maximum atomic E-state index is 6.09. The number of nitrogen functional groups attached to an aromatic ring is 1. The predicted molar refractivity (Wildman–Crippen MR) is 74.6 cm³/mol. The van der Waals surface area contributed by atoms with Crippen LogP contribution in [0.15, 0.2) is 12.1 Å². The molecule has 1 unspecified atom stereocenters. The molecule has 100 valence electrons. The molecule has 2 N–H and O–H groups in total. The fourth-order valence-electron chi connectivity index (χ4n) is 2.12. The average Bonchev–Trinajstić information content (AvgIpc) is 2.37. The zero-order valence-electron chi connectivity index (χ0n) is 11.4. The van der Waals surface area contributed by atoms with Gasteiger partial charge in [0.2, 0.25) is 0 Å². The van der Waals surface area contributed by atoms with Crippen molar-refractivity contribution in [3.63, 3.8) is 0 Å². The Kier molecular flexibility index (Phi) is 3.84. The van der Waals surface area contributed by atoms with Crippen LogP contribution in [0.25, 0.3) is 0 Å². The van der Waals surface area contributed by atoms with Gasteiger partial charge in [0.15, 0.2) is 11.5 Å². The molecule has 0 spiro atoms. The van der Waals surface area contributed by atoms with Crippen molar-refractivity contribution in [3.05, 3.63) is 12.1 Å². The number of fused-ring (bicyclic) bond motifs is 1. The van der Waals surface area contributed by atoms with E-state index in [1.165, 1.54) is 0 Å². The molecule has 1 aliphatic heterocycles. The van der Waals surface area contributed by atoms with E-state index in [1.54, 1.807) is 0 Å². The van der Waals surface area contributed by atoms with Gasteiger partial charge in [0.1, 0.15) is 13.2 Å². The number of nitrogens with zero attached hydrogens (tertiary/aromatic N) is 1. The summed E-state index contributed by atoms with van der Waals surface area (Å²) in [5.41, 5.74) is 7.84. The van der Waals surface area contributed by atoms with Gasteiger partial charge in [0, 0.05) is 25.7 Å². The summed E-state index contributed by atoms with van der Waals surface area (Å²) in [7, 11) is 2.06. The van der Waals surface area contributed by atoms with Crippen LogP contribution < -0.4 is 20.1 Å². The molecule has 1 atom stereocenters. The molecule has 0 aromatic heterocycles. The third kappa shape index (κ3) is 2.63. The molecule has 4 nitrogen and oxygen atoms in total. The molecule has 18 heavy (non-hydrogen) atoms. The number of anilines is 2. The highest BCUT2D eigenvalue weighted by atomic mass is 16.6. The van der Waals surface area contributed by atoms with Gasteiger partial charge in [-0.3, -0.25) is 0 Å². The van der Waals surface area contributed by atoms with Crippen LogP contribution >= 0.6 is 0 Å². The van der Waals surface area contributed by atoms with Gasteiger partial charge in [-0.1, -0.05) is 20.3 Å². The number of ether oxygens (including phenoxy) is 2. The number of hydrogen-bond acceptors (Lipinski definition) is 4. The highest BCUT2D eigenvalue weighted by molar-refractivity contribution is 5.73. The number of hydrogen-bond donors (Lipinski definition) is 1. The first-order chi connectivity index (χ1) is 8.61. The SMILES string of the molecule is CCC(C)CN(C)c1cc2c(cc1N)OCCO2. The van der Waals surface area contributed by atoms with Crippen molar-refractivity contribution in [2.45, 2.75) is 20.3 Å². The van der Waals surface area contributed by atoms with Crippen molar-refractivity contribution in [1.82, 2.24) is 0 Å². The van der Waals surface area contributed by atoms with Crippen LogP contribution in [0.3, 0.4) is 0 Å². The Balaban J connectivity index is 2.22. The lowest BCUT2D eigenvalue weighted by Gasteiger charge is -2.27. The second kappa shape index (κ2) is 5.38. The minimum Gasteiger partial charge on any atom is -0.486 e. The quantitative estimate of drug-likeness (QED) is 0.834. The summed E-state index contributed by atoms with van der Waals surface area (Å²) in [4.78, 5) is 2.18. The normalized spacial score (nSPS) is 15.3. The van der Waals surface area contributed by atoms with Gasteiger partial charge < -0.3 is 20.1 Å². The number of benzene rings is 1. The van der Waals surface area contributed by atoms with Crippen molar-refractivity contribution < 1.29 is 9.47 Å².